The van der Waals surface area contributed by atoms with Crippen LogP contribution in [0.15, 0.2) is 24.5 Å². The third-order valence-electron chi connectivity index (χ3n) is 7.45. The standard InChI is InChI=1S/C25H35FN8O2/c1-5-15(2)34-19-10-22(28-11-17(19)23(31-34)33-12-16(13-33)25(3,4)36)29-21-6-8-27-24(30-21)32-9-7-20(35)18(26)14-32/h6,8,10-11,15-16,18,20,35-36H,5,7,9,12-14H2,1-4H3,(H,27,28,29,30). The second kappa shape index (κ2) is 9.44. The van der Waals surface area contributed by atoms with Crippen molar-refractivity contribution < 1.29 is 14.6 Å². The molecule has 2 aliphatic heterocycles. The van der Waals surface area contributed by atoms with Crippen molar-refractivity contribution in [3.63, 3.8) is 0 Å². The van der Waals surface area contributed by atoms with E-state index in [0.717, 1.165) is 36.2 Å². The van der Waals surface area contributed by atoms with Crippen molar-refractivity contribution in [2.75, 3.05) is 41.3 Å². The molecule has 3 aromatic rings. The minimum absolute atomic E-state index is 0.0660. The first-order valence-electron chi connectivity index (χ1n) is 12.7. The van der Waals surface area contributed by atoms with Crippen LogP contribution in [0.3, 0.4) is 0 Å². The van der Waals surface area contributed by atoms with E-state index in [-0.39, 0.29) is 18.5 Å². The quantitative estimate of drug-likeness (QED) is 0.452. The molecule has 0 aliphatic carbocycles. The molecule has 2 saturated heterocycles. The minimum Gasteiger partial charge on any atom is -0.390 e. The highest BCUT2D eigenvalue weighted by molar-refractivity contribution is 5.92. The first-order valence-corrected chi connectivity index (χ1v) is 12.7. The number of aliphatic hydroxyl groups excluding tert-OH is 1. The smallest absolute Gasteiger partial charge is 0.227 e. The number of hydrogen-bond donors (Lipinski definition) is 3. The van der Waals surface area contributed by atoms with Gasteiger partial charge in [-0.1, -0.05) is 6.92 Å². The van der Waals surface area contributed by atoms with E-state index < -0.39 is 17.9 Å². The Hall–Kier alpha value is -3.05. The van der Waals surface area contributed by atoms with Crippen LogP contribution in [0.4, 0.5) is 27.8 Å². The Bertz CT molecular complexity index is 1220. The average molecular weight is 499 g/mol. The van der Waals surface area contributed by atoms with Gasteiger partial charge in [0.2, 0.25) is 5.95 Å². The molecule has 3 atom stereocenters. The largest absolute Gasteiger partial charge is 0.390 e. The molecule has 2 fully saturated rings. The van der Waals surface area contributed by atoms with Crippen molar-refractivity contribution in [2.24, 2.45) is 5.92 Å². The monoisotopic (exact) mass is 498 g/mol. The fourth-order valence-electron chi connectivity index (χ4n) is 4.70. The van der Waals surface area contributed by atoms with E-state index >= 15 is 0 Å². The van der Waals surface area contributed by atoms with E-state index in [4.69, 9.17) is 5.10 Å². The molecule has 10 nitrogen and oxygen atoms in total. The van der Waals surface area contributed by atoms with Crippen LogP contribution in [0.25, 0.3) is 10.9 Å². The zero-order valence-electron chi connectivity index (χ0n) is 21.3. The van der Waals surface area contributed by atoms with E-state index in [1.165, 1.54) is 0 Å². The molecule has 0 saturated carbocycles. The summed E-state index contributed by atoms with van der Waals surface area (Å²) in [7, 11) is 0. The zero-order valence-corrected chi connectivity index (χ0v) is 21.3. The van der Waals surface area contributed by atoms with Crippen LogP contribution in [0.2, 0.25) is 0 Å². The van der Waals surface area contributed by atoms with Gasteiger partial charge in [-0.15, -0.1) is 0 Å². The maximum atomic E-state index is 14.0. The molecular weight excluding hydrogens is 463 g/mol. The van der Waals surface area contributed by atoms with Crippen molar-refractivity contribution in [3.05, 3.63) is 24.5 Å². The first-order chi connectivity index (χ1) is 17.1. The predicted molar refractivity (Wildman–Crippen MR) is 138 cm³/mol. The van der Waals surface area contributed by atoms with Crippen LogP contribution in [0, 0.1) is 5.92 Å². The molecule has 5 heterocycles. The lowest BCUT2D eigenvalue weighted by atomic mass is 9.84. The Labute approximate surface area is 210 Å². The summed E-state index contributed by atoms with van der Waals surface area (Å²) in [5, 5.41) is 29.2. The summed E-state index contributed by atoms with van der Waals surface area (Å²) in [4.78, 5) is 17.4. The normalized spacial score (nSPS) is 22.1. The van der Waals surface area contributed by atoms with Crippen LogP contribution in [-0.2, 0) is 0 Å². The van der Waals surface area contributed by atoms with Gasteiger partial charge in [-0.2, -0.15) is 10.1 Å². The highest BCUT2D eigenvalue weighted by Gasteiger charge is 2.39. The summed E-state index contributed by atoms with van der Waals surface area (Å²) in [6.45, 7) is 10.1. The van der Waals surface area contributed by atoms with Crippen LogP contribution in [-0.4, -0.2) is 79.0 Å². The van der Waals surface area contributed by atoms with Crippen LogP contribution >= 0.6 is 0 Å². The van der Waals surface area contributed by atoms with E-state index in [1.807, 2.05) is 30.8 Å². The zero-order chi connectivity index (χ0) is 25.6. The van der Waals surface area contributed by atoms with Crippen LogP contribution in [0.1, 0.15) is 46.6 Å². The van der Waals surface area contributed by atoms with Crippen LogP contribution < -0.4 is 15.1 Å². The van der Waals surface area contributed by atoms with Gasteiger partial charge in [0.25, 0.3) is 0 Å². The van der Waals surface area contributed by atoms with Gasteiger partial charge in [0.1, 0.15) is 17.8 Å². The van der Waals surface area contributed by atoms with E-state index in [1.54, 1.807) is 17.2 Å². The summed E-state index contributed by atoms with van der Waals surface area (Å²) >= 11 is 0. The van der Waals surface area contributed by atoms with Crippen LogP contribution in [0.5, 0.6) is 0 Å². The fraction of sp³-hybridized carbons (Fsp3) is 0.600. The molecule has 3 N–H and O–H groups in total. The molecule has 2 aliphatic rings. The van der Waals surface area contributed by atoms with Gasteiger partial charge in [0, 0.05) is 50.1 Å². The highest BCUT2D eigenvalue weighted by atomic mass is 19.1. The minimum atomic E-state index is -1.32. The third-order valence-corrected chi connectivity index (χ3v) is 7.45. The summed E-state index contributed by atoms with van der Waals surface area (Å²) in [5.41, 5.74) is 0.263. The molecule has 194 valence electrons. The van der Waals surface area contributed by atoms with E-state index in [9.17, 15) is 14.6 Å². The lowest BCUT2D eigenvalue weighted by Crippen LogP contribution is -2.56. The average Bonchev–Trinajstić information content (AvgIpc) is 3.17. The molecule has 3 unspecified atom stereocenters. The lowest BCUT2D eigenvalue weighted by molar-refractivity contribution is 0.00441. The van der Waals surface area contributed by atoms with Gasteiger partial charge in [-0.3, -0.25) is 4.68 Å². The molecule has 11 heteroatoms. The lowest BCUT2D eigenvalue weighted by Gasteiger charge is -2.45. The first kappa shape index (κ1) is 24.6. The molecule has 5 rings (SSSR count). The fourth-order valence-corrected chi connectivity index (χ4v) is 4.70. The van der Waals surface area contributed by atoms with Crippen molar-refractivity contribution in [3.8, 4) is 0 Å². The van der Waals surface area contributed by atoms with Gasteiger partial charge in [-0.25, -0.2) is 14.4 Å². The van der Waals surface area contributed by atoms with Gasteiger partial charge in [-0.05, 0) is 39.7 Å². The summed E-state index contributed by atoms with van der Waals surface area (Å²) in [6, 6.07) is 3.92. The summed E-state index contributed by atoms with van der Waals surface area (Å²) in [6.07, 6.45) is 2.49. The number of nitrogens with zero attached hydrogens (tertiary/aromatic N) is 7. The Morgan fingerprint density at radius 1 is 1.19 bits per heavy atom. The topological polar surface area (TPSA) is 115 Å². The maximum absolute atomic E-state index is 14.0. The number of halogens is 1. The van der Waals surface area contributed by atoms with E-state index in [2.05, 4.69) is 39.0 Å². The molecule has 0 spiro atoms. The number of rotatable bonds is 7. The molecule has 0 bridgehead atoms. The maximum Gasteiger partial charge on any atom is 0.227 e. The van der Waals surface area contributed by atoms with Gasteiger partial charge >= 0.3 is 0 Å². The Morgan fingerprint density at radius 2 is 1.97 bits per heavy atom. The molecule has 36 heavy (non-hydrogen) atoms. The predicted octanol–water partition coefficient (Wildman–Crippen LogP) is 3.05. The molecule has 0 amide bonds. The Morgan fingerprint density at radius 3 is 2.67 bits per heavy atom. The van der Waals surface area contributed by atoms with Crippen molar-refractivity contribution >= 4 is 34.3 Å². The SMILES string of the molecule is CCC(C)n1nc(N2CC(C(C)(C)O)C2)c2cnc(Nc3ccnc(N4CCC(O)C(F)C4)n3)cc21. The number of nitrogens with one attached hydrogen (secondary N) is 1. The number of alkyl halides is 1. The molecule has 3 aromatic heterocycles. The highest BCUT2D eigenvalue weighted by Crippen LogP contribution is 2.36. The number of pyridine rings is 1. The van der Waals surface area contributed by atoms with Gasteiger partial charge in [0.05, 0.1) is 29.2 Å². The number of aliphatic hydroxyl groups is 2. The Balaban J connectivity index is 1.40. The molecule has 0 radical (unpaired) electrons. The van der Waals surface area contributed by atoms with Crippen molar-refractivity contribution in [1.29, 1.82) is 0 Å². The number of fused-ring (bicyclic) bond motifs is 1. The van der Waals surface area contributed by atoms with Gasteiger partial charge < -0.3 is 25.3 Å². The summed E-state index contributed by atoms with van der Waals surface area (Å²) in [5.74, 6) is 2.69. The second-order valence-electron chi connectivity index (χ2n) is 10.6. The number of anilines is 4. The molecule has 0 aromatic carbocycles. The van der Waals surface area contributed by atoms with Crippen molar-refractivity contribution in [1.82, 2.24) is 24.7 Å². The summed E-state index contributed by atoms with van der Waals surface area (Å²) < 4.78 is 16.1. The number of aromatic nitrogens is 5. The Kier molecular flexibility index (Phi) is 6.46. The second-order valence-corrected chi connectivity index (χ2v) is 10.6. The number of piperidine rings is 1. The van der Waals surface area contributed by atoms with Crippen molar-refractivity contribution in [2.45, 2.75) is 64.5 Å². The molecular formula is C25H35FN8O2. The van der Waals surface area contributed by atoms with E-state index in [0.29, 0.717) is 30.5 Å². The third kappa shape index (κ3) is 4.69. The number of hydrogen-bond acceptors (Lipinski definition) is 9. The van der Waals surface area contributed by atoms with Gasteiger partial charge in [0.15, 0.2) is 5.82 Å².